The lowest BCUT2D eigenvalue weighted by atomic mass is 9.86. The first-order chi connectivity index (χ1) is 7.32. The Bertz CT molecular complexity index is 283. The van der Waals surface area contributed by atoms with Crippen LogP contribution in [0.1, 0.15) is 27.2 Å². The Morgan fingerprint density at radius 2 is 2.12 bits per heavy atom. The van der Waals surface area contributed by atoms with Crippen molar-refractivity contribution in [1.82, 2.24) is 10.2 Å². The van der Waals surface area contributed by atoms with Gasteiger partial charge in [-0.15, -0.1) is 0 Å². The number of nitrogens with zero attached hydrogens (tertiary/aromatic N) is 1. The Labute approximate surface area is 96.4 Å². The van der Waals surface area contributed by atoms with Gasteiger partial charge in [-0.25, -0.2) is 0 Å². The van der Waals surface area contributed by atoms with Crippen molar-refractivity contribution in [2.75, 3.05) is 19.6 Å². The van der Waals surface area contributed by atoms with Gasteiger partial charge in [0.15, 0.2) is 0 Å². The molecule has 0 aliphatic carbocycles. The zero-order valence-corrected chi connectivity index (χ0v) is 10.2. The highest BCUT2D eigenvalue weighted by atomic mass is 16.2. The fourth-order valence-corrected chi connectivity index (χ4v) is 1.56. The first-order valence-corrected chi connectivity index (χ1v) is 5.63. The molecule has 2 amide bonds. The van der Waals surface area contributed by atoms with Crippen molar-refractivity contribution in [3.8, 4) is 0 Å². The average Bonchev–Trinajstić information content (AvgIpc) is 2.39. The minimum absolute atomic E-state index is 0.105. The molecule has 5 nitrogen and oxygen atoms in total. The number of rotatable bonds is 1. The third kappa shape index (κ3) is 3.20. The summed E-state index contributed by atoms with van der Waals surface area (Å²) in [7, 11) is 0. The molecule has 3 N–H and O–H groups in total. The van der Waals surface area contributed by atoms with Gasteiger partial charge in [0.2, 0.25) is 11.8 Å². The van der Waals surface area contributed by atoms with Crippen LogP contribution in [0.4, 0.5) is 0 Å². The van der Waals surface area contributed by atoms with Gasteiger partial charge in [-0.3, -0.25) is 9.59 Å². The summed E-state index contributed by atoms with van der Waals surface area (Å²) in [6.45, 7) is 7.13. The molecule has 1 aliphatic heterocycles. The summed E-state index contributed by atoms with van der Waals surface area (Å²) in [6.07, 6.45) is 0.786. The van der Waals surface area contributed by atoms with E-state index in [9.17, 15) is 9.59 Å². The third-order valence-electron chi connectivity index (χ3n) is 2.77. The van der Waals surface area contributed by atoms with Crippen LogP contribution >= 0.6 is 0 Å². The molecule has 92 valence electrons. The molecule has 1 atom stereocenters. The first kappa shape index (κ1) is 13.0. The fraction of sp³-hybridized carbons (Fsp3) is 0.818. The van der Waals surface area contributed by atoms with Crippen LogP contribution in [0.25, 0.3) is 0 Å². The van der Waals surface area contributed by atoms with Gasteiger partial charge in [-0.05, 0) is 11.8 Å². The maximum absolute atomic E-state index is 12.1. The lowest BCUT2D eigenvalue weighted by Crippen LogP contribution is -2.51. The largest absolute Gasteiger partial charge is 0.354 e. The molecule has 0 aromatic carbocycles. The van der Waals surface area contributed by atoms with E-state index in [1.807, 2.05) is 20.8 Å². The molecular formula is C11H21N3O2. The van der Waals surface area contributed by atoms with E-state index in [0.717, 1.165) is 6.42 Å². The average molecular weight is 227 g/mol. The molecule has 0 saturated carbocycles. The Balaban J connectivity index is 2.68. The van der Waals surface area contributed by atoms with Crippen LogP contribution in [-0.4, -0.2) is 42.4 Å². The van der Waals surface area contributed by atoms with Crippen LogP contribution in [0.15, 0.2) is 0 Å². The van der Waals surface area contributed by atoms with Crippen molar-refractivity contribution in [1.29, 1.82) is 0 Å². The molecule has 1 saturated heterocycles. The zero-order valence-electron chi connectivity index (χ0n) is 10.2. The highest BCUT2D eigenvalue weighted by Crippen LogP contribution is 2.19. The molecular weight excluding hydrogens is 206 g/mol. The van der Waals surface area contributed by atoms with Gasteiger partial charge in [-0.2, -0.15) is 0 Å². The minimum atomic E-state index is -0.557. The summed E-state index contributed by atoms with van der Waals surface area (Å²) < 4.78 is 0. The molecule has 1 rings (SSSR count). The Hall–Kier alpha value is -1.10. The highest BCUT2D eigenvalue weighted by Gasteiger charge is 2.32. The van der Waals surface area contributed by atoms with Crippen molar-refractivity contribution < 1.29 is 9.59 Å². The van der Waals surface area contributed by atoms with Gasteiger partial charge in [0.25, 0.3) is 0 Å². The normalized spacial score (nSPS) is 20.0. The number of hydrogen-bond acceptors (Lipinski definition) is 3. The maximum atomic E-state index is 12.1. The van der Waals surface area contributed by atoms with Crippen molar-refractivity contribution in [3.63, 3.8) is 0 Å². The van der Waals surface area contributed by atoms with E-state index in [1.54, 1.807) is 4.90 Å². The number of amides is 2. The second-order valence-electron chi connectivity index (χ2n) is 5.31. The van der Waals surface area contributed by atoms with Crippen molar-refractivity contribution in [2.24, 2.45) is 11.1 Å². The van der Waals surface area contributed by atoms with E-state index in [0.29, 0.717) is 13.1 Å². The van der Waals surface area contributed by atoms with E-state index in [1.165, 1.54) is 0 Å². The van der Waals surface area contributed by atoms with Gasteiger partial charge < -0.3 is 16.0 Å². The van der Waals surface area contributed by atoms with Crippen LogP contribution < -0.4 is 11.1 Å². The minimum Gasteiger partial charge on any atom is -0.354 e. The standard InChI is InChI=1S/C11H21N3O2/c1-11(2,3)9(12)10(16)14-6-4-5-13-8(15)7-14/h9H,4-7,12H2,1-3H3,(H,13,15)/t9-/m0/s1. The van der Waals surface area contributed by atoms with Gasteiger partial charge in [-0.1, -0.05) is 20.8 Å². The van der Waals surface area contributed by atoms with Gasteiger partial charge in [0, 0.05) is 13.1 Å². The molecule has 0 aromatic heterocycles. The first-order valence-electron chi connectivity index (χ1n) is 5.63. The molecule has 1 aliphatic rings. The fourth-order valence-electron chi connectivity index (χ4n) is 1.56. The van der Waals surface area contributed by atoms with Gasteiger partial charge in [0.1, 0.15) is 0 Å². The van der Waals surface area contributed by atoms with E-state index in [-0.39, 0.29) is 23.8 Å². The van der Waals surface area contributed by atoms with Crippen LogP contribution in [0.2, 0.25) is 0 Å². The summed E-state index contributed by atoms with van der Waals surface area (Å²) in [4.78, 5) is 24.9. The zero-order chi connectivity index (χ0) is 12.3. The van der Waals surface area contributed by atoms with Gasteiger partial charge in [0.05, 0.1) is 12.6 Å². The SMILES string of the molecule is CC(C)(C)[C@@H](N)C(=O)N1CCCNC(=O)C1. The second kappa shape index (κ2) is 4.82. The lowest BCUT2D eigenvalue weighted by molar-refractivity contribution is -0.138. The highest BCUT2D eigenvalue weighted by molar-refractivity contribution is 5.88. The predicted molar refractivity (Wildman–Crippen MR) is 61.6 cm³/mol. The van der Waals surface area contributed by atoms with Crippen LogP contribution in [0.3, 0.4) is 0 Å². The van der Waals surface area contributed by atoms with E-state index < -0.39 is 6.04 Å². The summed E-state index contributed by atoms with van der Waals surface area (Å²) in [5, 5.41) is 2.73. The molecule has 1 fully saturated rings. The van der Waals surface area contributed by atoms with Crippen molar-refractivity contribution in [3.05, 3.63) is 0 Å². The quantitative estimate of drug-likeness (QED) is 0.646. The molecule has 5 heteroatoms. The number of nitrogens with two attached hydrogens (primary N) is 1. The topological polar surface area (TPSA) is 75.4 Å². The maximum Gasteiger partial charge on any atom is 0.240 e. The summed E-state index contributed by atoms with van der Waals surface area (Å²) in [5.41, 5.74) is 5.62. The van der Waals surface area contributed by atoms with E-state index in [4.69, 9.17) is 5.73 Å². The van der Waals surface area contributed by atoms with Crippen molar-refractivity contribution in [2.45, 2.75) is 33.2 Å². The summed E-state index contributed by atoms with van der Waals surface area (Å²) in [5.74, 6) is -0.239. The second-order valence-corrected chi connectivity index (χ2v) is 5.31. The molecule has 0 spiro atoms. The molecule has 1 heterocycles. The lowest BCUT2D eigenvalue weighted by Gasteiger charge is -2.30. The molecule has 0 radical (unpaired) electrons. The Morgan fingerprint density at radius 3 is 2.69 bits per heavy atom. The predicted octanol–water partition coefficient (Wildman–Crippen LogP) is -0.292. The molecule has 0 unspecified atom stereocenters. The Morgan fingerprint density at radius 1 is 1.50 bits per heavy atom. The van der Waals surface area contributed by atoms with E-state index in [2.05, 4.69) is 5.32 Å². The summed E-state index contributed by atoms with van der Waals surface area (Å²) in [6, 6.07) is -0.557. The molecule has 0 bridgehead atoms. The van der Waals surface area contributed by atoms with Crippen LogP contribution in [-0.2, 0) is 9.59 Å². The number of nitrogens with one attached hydrogen (secondary N) is 1. The Kier molecular flexibility index (Phi) is 3.91. The number of carbonyl (C=O) groups excluding carboxylic acids is 2. The van der Waals surface area contributed by atoms with Crippen molar-refractivity contribution >= 4 is 11.8 Å². The van der Waals surface area contributed by atoms with Crippen LogP contribution in [0.5, 0.6) is 0 Å². The third-order valence-corrected chi connectivity index (χ3v) is 2.77. The van der Waals surface area contributed by atoms with E-state index >= 15 is 0 Å². The number of carbonyl (C=O) groups is 2. The number of hydrogen-bond donors (Lipinski definition) is 2. The molecule has 0 aromatic rings. The monoisotopic (exact) mass is 227 g/mol. The molecule has 16 heavy (non-hydrogen) atoms. The smallest absolute Gasteiger partial charge is 0.240 e. The van der Waals surface area contributed by atoms with Crippen LogP contribution in [0, 0.1) is 5.41 Å². The summed E-state index contributed by atoms with van der Waals surface area (Å²) >= 11 is 0. The van der Waals surface area contributed by atoms with Gasteiger partial charge >= 0.3 is 0 Å².